The summed E-state index contributed by atoms with van der Waals surface area (Å²) in [5, 5.41) is 0. The van der Waals surface area contributed by atoms with E-state index in [-0.39, 0.29) is 0 Å². The summed E-state index contributed by atoms with van der Waals surface area (Å²) in [5.74, 6) is -0.576. The standard InChI is InChI=1S/C6H6.C2H5NO3S/c1-2-4-6-5-3-1;1-2(4)3-7(5)6/h1-6H;1H3,(H,3,4)(H,5,6)/p-1. The fraction of sp³-hybridized carbons (Fsp3) is 0.125. The van der Waals surface area contributed by atoms with Gasteiger partial charge in [0.15, 0.2) is 0 Å². The zero-order chi connectivity index (χ0) is 10.1. The van der Waals surface area contributed by atoms with Gasteiger partial charge >= 0.3 is 0 Å². The van der Waals surface area contributed by atoms with E-state index in [9.17, 15) is 13.6 Å². The molecule has 1 N–H and O–H groups in total. The molecule has 1 unspecified atom stereocenters. The zero-order valence-corrected chi connectivity index (χ0v) is 7.91. The Morgan fingerprint density at radius 1 is 1.15 bits per heavy atom. The molecule has 4 nitrogen and oxygen atoms in total. The third-order valence-corrected chi connectivity index (χ3v) is 1.35. The van der Waals surface area contributed by atoms with E-state index in [0.29, 0.717) is 0 Å². The van der Waals surface area contributed by atoms with E-state index < -0.39 is 17.2 Å². The molecule has 13 heavy (non-hydrogen) atoms. The molecule has 5 heteroatoms. The summed E-state index contributed by atoms with van der Waals surface area (Å²) in [4.78, 5) is 9.75. The fourth-order valence-corrected chi connectivity index (χ4v) is 0.737. The van der Waals surface area contributed by atoms with E-state index in [1.165, 1.54) is 0 Å². The molecule has 1 aromatic carbocycles. The molecule has 0 aliphatic carbocycles. The Bertz CT molecular complexity index is 225. The third kappa shape index (κ3) is 10.8. The van der Waals surface area contributed by atoms with Crippen molar-refractivity contribution in [3.63, 3.8) is 0 Å². The van der Waals surface area contributed by atoms with Crippen LogP contribution in [0.5, 0.6) is 0 Å². The quantitative estimate of drug-likeness (QED) is 0.675. The van der Waals surface area contributed by atoms with Crippen molar-refractivity contribution in [1.29, 1.82) is 0 Å². The Morgan fingerprint density at radius 3 is 1.54 bits per heavy atom. The highest BCUT2D eigenvalue weighted by Crippen LogP contribution is 1.79. The van der Waals surface area contributed by atoms with E-state index in [0.717, 1.165) is 6.92 Å². The number of benzene rings is 1. The van der Waals surface area contributed by atoms with Crippen molar-refractivity contribution in [2.75, 3.05) is 0 Å². The Hall–Kier alpha value is -1.20. The maximum Gasteiger partial charge on any atom is 0.227 e. The van der Waals surface area contributed by atoms with E-state index >= 15 is 0 Å². The number of nitrogens with one attached hydrogen (secondary N) is 1. The second kappa shape index (κ2) is 7.45. The molecule has 1 rings (SSSR count). The van der Waals surface area contributed by atoms with Crippen LogP contribution in [0.2, 0.25) is 0 Å². The van der Waals surface area contributed by atoms with Crippen molar-refractivity contribution < 1.29 is 13.6 Å². The molecule has 1 amide bonds. The summed E-state index contributed by atoms with van der Waals surface area (Å²) >= 11 is -2.45. The van der Waals surface area contributed by atoms with Gasteiger partial charge in [-0.3, -0.25) is 13.7 Å². The van der Waals surface area contributed by atoms with E-state index in [4.69, 9.17) is 0 Å². The van der Waals surface area contributed by atoms with Crippen molar-refractivity contribution in [2.45, 2.75) is 6.92 Å². The molecule has 0 saturated heterocycles. The van der Waals surface area contributed by atoms with Gasteiger partial charge in [0, 0.05) is 18.2 Å². The van der Waals surface area contributed by atoms with Crippen LogP contribution in [0.4, 0.5) is 0 Å². The molecule has 0 heterocycles. The minimum Gasteiger partial charge on any atom is -0.755 e. The second-order valence-electron chi connectivity index (χ2n) is 2.05. The van der Waals surface area contributed by atoms with Gasteiger partial charge < -0.3 is 4.55 Å². The molecule has 0 aliphatic rings. The first kappa shape index (κ1) is 11.8. The highest BCUT2D eigenvalue weighted by molar-refractivity contribution is 7.77. The predicted molar refractivity (Wildman–Crippen MR) is 49.2 cm³/mol. The van der Waals surface area contributed by atoms with Crippen LogP contribution in [0.25, 0.3) is 0 Å². The normalized spacial score (nSPS) is 10.6. The van der Waals surface area contributed by atoms with Crippen LogP contribution in [0.1, 0.15) is 6.92 Å². The minimum absolute atomic E-state index is 0.576. The second-order valence-corrected chi connectivity index (χ2v) is 2.72. The molecule has 0 aromatic heterocycles. The number of hydrogen-bond acceptors (Lipinski definition) is 3. The maximum absolute atomic E-state index is 9.75. The molecular weight excluding hydrogens is 190 g/mol. The molecule has 1 aromatic rings. The van der Waals surface area contributed by atoms with Crippen LogP contribution < -0.4 is 4.72 Å². The highest BCUT2D eigenvalue weighted by Gasteiger charge is 1.83. The molecular formula is C8H10NO3S-. The fourth-order valence-electron chi connectivity index (χ4n) is 0.502. The summed E-state index contributed by atoms with van der Waals surface area (Å²) in [6, 6.07) is 12.0. The molecule has 72 valence electrons. The average Bonchev–Trinajstić information content (AvgIpc) is 2.06. The van der Waals surface area contributed by atoms with Crippen molar-refractivity contribution >= 4 is 17.2 Å². The van der Waals surface area contributed by atoms with Gasteiger partial charge in [-0.15, -0.1) is 0 Å². The lowest BCUT2D eigenvalue weighted by Crippen LogP contribution is -2.21. The minimum atomic E-state index is -2.45. The van der Waals surface area contributed by atoms with Gasteiger partial charge in [-0.25, -0.2) is 0 Å². The Labute approximate surface area is 79.4 Å². The Kier molecular flexibility index (Phi) is 6.76. The van der Waals surface area contributed by atoms with E-state index in [1.54, 1.807) is 4.72 Å². The van der Waals surface area contributed by atoms with Crippen molar-refractivity contribution in [2.24, 2.45) is 0 Å². The lowest BCUT2D eigenvalue weighted by Gasteiger charge is -2.01. The van der Waals surface area contributed by atoms with Gasteiger partial charge in [-0.2, -0.15) is 0 Å². The van der Waals surface area contributed by atoms with Gasteiger partial charge in [0.05, 0.1) is 0 Å². The Balaban J connectivity index is 0.000000223. The largest absolute Gasteiger partial charge is 0.755 e. The average molecular weight is 200 g/mol. The van der Waals surface area contributed by atoms with Crippen LogP contribution in [0.3, 0.4) is 0 Å². The predicted octanol–water partition coefficient (Wildman–Crippen LogP) is 0.603. The maximum atomic E-state index is 9.75. The van der Waals surface area contributed by atoms with Gasteiger partial charge in [0.2, 0.25) is 5.91 Å². The molecule has 0 radical (unpaired) electrons. The van der Waals surface area contributed by atoms with Crippen LogP contribution >= 0.6 is 0 Å². The first-order valence-electron chi connectivity index (χ1n) is 3.49. The molecule has 0 fully saturated rings. The summed E-state index contributed by atoms with van der Waals surface area (Å²) in [6.07, 6.45) is 0. The monoisotopic (exact) mass is 200 g/mol. The Morgan fingerprint density at radius 2 is 1.46 bits per heavy atom. The molecule has 1 atom stereocenters. The topological polar surface area (TPSA) is 69.2 Å². The summed E-state index contributed by atoms with van der Waals surface area (Å²) in [7, 11) is 0. The molecule has 0 bridgehead atoms. The van der Waals surface area contributed by atoms with Crippen LogP contribution in [0, 0.1) is 0 Å². The lowest BCUT2D eigenvalue weighted by atomic mass is 10.4. The number of carbonyl (C=O) groups is 1. The zero-order valence-electron chi connectivity index (χ0n) is 7.10. The van der Waals surface area contributed by atoms with Gasteiger partial charge in [-0.05, 0) is 0 Å². The van der Waals surface area contributed by atoms with Crippen LogP contribution in [-0.2, 0) is 16.1 Å². The van der Waals surface area contributed by atoms with Gasteiger partial charge in [0.1, 0.15) is 0 Å². The first-order valence-corrected chi connectivity index (χ1v) is 4.57. The highest BCUT2D eigenvalue weighted by atomic mass is 32.2. The van der Waals surface area contributed by atoms with Gasteiger partial charge in [-0.1, -0.05) is 36.4 Å². The molecule has 0 aliphatic heterocycles. The molecule has 0 spiro atoms. The number of rotatable bonds is 1. The van der Waals surface area contributed by atoms with Crippen molar-refractivity contribution in [3.8, 4) is 0 Å². The summed E-state index contributed by atoms with van der Waals surface area (Å²) < 4.78 is 20.5. The first-order chi connectivity index (χ1) is 6.13. The van der Waals surface area contributed by atoms with Crippen molar-refractivity contribution in [3.05, 3.63) is 36.4 Å². The molecule has 0 saturated carbocycles. The van der Waals surface area contributed by atoms with Crippen LogP contribution in [0.15, 0.2) is 36.4 Å². The smallest absolute Gasteiger partial charge is 0.227 e. The number of amides is 1. The number of carbonyl (C=O) groups excluding carboxylic acids is 1. The number of hydrogen-bond donors (Lipinski definition) is 1. The summed E-state index contributed by atoms with van der Waals surface area (Å²) in [5.41, 5.74) is 0. The SMILES string of the molecule is CC(=O)NS(=O)[O-].c1ccccc1. The summed E-state index contributed by atoms with van der Waals surface area (Å²) in [6.45, 7) is 1.12. The third-order valence-electron chi connectivity index (χ3n) is 0.894. The van der Waals surface area contributed by atoms with Crippen molar-refractivity contribution in [1.82, 2.24) is 4.72 Å². The van der Waals surface area contributed by atoms with Gasteiger partial charge in [0.25, 0.3) is 0 Å². The van der Waals surface area contributed by atoms with E-state index in [2.05, 4.69) is 0 Å². The van der Waals surface area contributed by atoms with E-state index in [1.807, 2.05) is 36.4 Å². The van der Waals surface area contributed by atoms with Crippen LogP contribution in [-0.4, -0.2) is 14.7 Å². The lowest BCUT2D eigenvalue weighted by molar-refractivity contribution is -0.117.